The predicted octanol–water partition coefficient (Wildman–Crippen LogP) is 4.17. The van der Waals surface area contributed by atoms with Gasteiger partial charge in [-0.3, -0.25) is 4.79 Å². The molecule has 2 aromatic carbocycles. The lowest BCUT2D eigenvalue weighted by Crippen LogP contribution is -2.35. The van der Waals surface area contributed by atoms with Crippen LogP contribution in [0.5, 0.6) is 5.75 Å². The molecule has 3 aromatic rings. The average molecular weight is 380 g/mol. The summed E-state index contributed by atoms with van der Waals surface area (Å²) < 4.78 is 16.5. The van der Waals surface area contributed by atoms with E-state index in [1.165, 1.54) is 0 Å². The SMILES string of the molecule is CCOc1ccc(-c2cnc(-c3ccccc3C(=O)NC(C)COC)o2)cc1. The Hall–Kier alpha value is -3.12. The molecule has 0 aliphatic heterocycles. The highest BCUT2D eigenvalue weighted by atomic mass is 16.5. The zero-order valence-corrected chi connectivity index (χ0v) is 16.3. The molecule has 0 aliphatic rings. The molecule has 1 N–H and O–H groups in total. The number of carbonyl (C=O) groups is 1. The van der Waals surface area contributed by atoms with Gasteiger partial charge in [0.25, 0.3) is 5.91 Å². The molecule has 1 aromatic heterocycles. The number of hydrogen-bond donors (Lipinski definition) is 1. The molecule has 0 bridgehead atoms. The van der Waals surface area contributed by atoms with Crippen LogP contribution < -0.4 is 10.1 Å². The van der Waals surface area contributed by atoms with E-state index in [1.807, 2.05) is 56.3 Å². The van der Waals surface area contributed by atoms with Gasteiger partial charge in [-0.05, 0) is 50.2 Å². The Bertz CT molecular complexity index is 918. The van der Waals surface area contributed by atoms with Crippen LogP contribution in [0.25, 0.3) is 22.8 Å². The van der Waals surface area contributed by atoms with Gasteiger partial charge in [-0.1, -0.05) is 12.1 Å². The Kier molecular flexibility index (Phi) is 6.45. The number of hydrogen-bond acceptors (Lipinski definition) is 5. The maximum absolute atomic E-state index is 12.6. The molecule has 1 unspecified atom stereocenters. The van der Waals surface area contributed by atoms with E-state index < -0.39 is 0 Å². The van der Waals surface area contributed by atoms with Crippen molar-refractivity contribution in [2.45, 2.75) is 19.9 Å². The van der Waals surface area contributed by atoms with Crippen LogP contribution in [0.4, 0.5) is 0 Å². The lowest BCUT2D eigenvalue weighted by molar-refractivity contribution is 0.0906. The third kappa shape index (κ3) is 4.58. The maximum atomic E-state index is 12.6. The quantitative estimate of drug-likeness (QED) is 0.635. The molecule has 6 nitrogen and oxygen atoms in total. The van der Waals surface area contributed by atoms with Crippen molar-refractivity contribution in [1.29, 1.82) is 0 Å². The molecule has 0 spiro atoms. The van der Waals surface area contributed by atoms with Gasteiger partial charge in [-0.15, -0.1) is 0 Å². The van der Waals surface area contributed by atoms with Crippen LogP contribution in [0.2, 0.25) is 0 Å². The van der Waals surface area contributed by atoms with Gasteiger partial charge >= 0.3 is 0 Å². The average Bonchev–Trinajstić information content (AvgIpc) is 3.19. The number of aromatic nitrogens is 1. The van der Waals surface area contributed by atoms with Crippen molar-refractivity contribution in [3.8, 4) is 28.5 Å². The van der Waals surface area contributed by atoms with Crippen LogP contribution in [0, 0.1) is 0 Å². The van der Waals surface area contributed by atoms with Crippen LogP contribution >= 0.6 is 0 Å². The summed E-state index contributed by atoms with van der Waals surface area (Å²) >= 11 is 0. The highest BCUT2D eigenvalue weighted by Crippen LogP contribution is 2.29. The Morgan fingerprint density at radius 2 is 1.93 bits per heavy atom. The first kappa shape index (κ1) is 19.6. The smallest absolute Gasteiger partial charge is 0.252 e. The first-order valence-corrected chi connectivity index (χ1v) is 9.20. The summed E-state index contributed by atoms with van der Waals surface area (Å²) in [7, 11) is 1.60. The number of methoxy groups -OCH3 is 1. The second kappa shape index (κ2) is 9.19. The first-order chi connectivity index (χ1) is 13.6. The van der Waals surface area contributed by atoms with Gasteiger partial charge in [0.05, 0.1) is 25.0 Å². The molecular weight excluding hydrogens is 356 g/mol. The summed E-state index contributed by atoms with van der Waals surface area (Å²) in [6.45, 7) is 4.89. The fraction of sp³-hybridized carbons (Fsp3) is 0.273. The minimum atomic E-state index is -0.194. The fourth-order valence-electron chi connectivity index (χ4n) is 2.88. The van der Waals surface area contributed by atoms with Gasteiger partial charge in [0.2, 0.25) is 5.89 Å². The van der Waals surface area contributed by atoms with Crippen LogP contribution in [0.1, 0.15) is 24.2 Å². The normalized spacial score (nSPS) is 11.8. The van der Waals surface area contributed by atoms with E-state index in [0.29, 0.717) is 36.0 Å². The Morgan fingerprint density at radius 3 is 2.64 bits per heavy atom. The molecule has 0 saturated heterocycles. The number of amides is 1. The first-order valence-electron chi connectivity index (χ1n) is 9.20. The molecular formula is C22H24N2O4. The molecule has 28 heavy (non-hydrogen) atoms. The number of benzene rings is 2. The second-order valence-corrected chi connectivity index (χ2v) is 6.36. The predicted molar refractivity (Wildman–Crippen MR) is 107 cm³/mol. The van der Waals surface area contributed by atoms with Gasteiger partial charge in [0.15, 0.2) is 5.76 Å². The van der Waals surface area contributed by atoms with Crippen LogP contribution in [0.3, 0.4) is 0 Å². The van der Waals surface area contributed by atoms with Gasteiger partial charge in [0, 0.05) is 24.3 Å². The minimum absolute atomic E-state index is 0.102. The van der Waals surface area contributed by atoms with Crippen molar-refractivity contribution in [1.82, 2.24) is 10.3 Å². The van der Waals surface area contributed by atoms with E-state index in [1.54, 1.807) is 19.4 Å². The maximum Gasteiger partial charge on any atom is 0.252 e. The van der Waals surface area contributed by atoms with Gasteiger partial charge < -0.3 is 19.2 Å². The molecule has 6 heteroatoms. The molecule has 0 radical (unpaired) electrons. The molecule has 1 heterocycles. The Morgan fingerprint density at radius 1 is 1.18 bits per heavy atom. The number of nitrogens with zero attached hydrogens (tertiary/aromatic N) is 1. The molecule has 0 aliphatic carbocycles. The van der Waals surface area contributed by atoms with Gasteiger partial charge in [0.1, 0.15) is 5.75 Å². The standard InChI is InChI=1S/C22H24N2O4/c1-4-27-17-11-9-16(10-12-17)20-13-23-22(28-20)19-8-6-5-7-18(19)21(25)24-15(2)14-26-3/h5-13,15H,4,14H2,1-3H3,(H,24,25). The minimum Gasteiger partial charge on any atom is -0.494 e. The van der Waals surface area contributed by atoms with Crippen molar-refractivity contribution >= 4 is 5.91 Å². The van der Waals surface area contributed by atoms with Crippen molar-refractivity contribution in [3.63, 3.8) is 0 Å². The molecule has 3 rings (SSSR count). The summed E-state index contributed by atoms with van der Waals surface area (Å²) in [6.07, 6.45) is 1.66. The monoisotopic (exact) mass is 380 g/mol. The molecule has 0 fully saturated rings. The highest BCUT2D eigenvalue weighted by Gasteiger charge is 2.18. The third-order valence-corrected chi connectivity index (χ3v) is 4.15. The van der Waals surface area contributed by atoms with Crippen LogP contribution in [-0.2, 0) is 4.74 Å². The fourth-order valence-corrected chi connectivity index (χ4v) is 2.88. The van der Waals surface area contributed by atoms with Gasteiger partial charge in [-0.25, -0.2) is 4.98 Å². The highest BCUT2D eigenvalue weighted by molar-refractivity contribution is 6.00. The zero-order valence-electron chi connectivity index (χ0n) is 16.3. The van der Waals surface area contributed by atoms with E-state index in [-0.39, 0.29) is 11.9 Å². The molecule has 146 valence electrons. The van der Waals surface area contributed by atoms with E-state index in [0.717, 1.165) is 11.3 Å². The lowest BCUT2D eigenvalue weighted by Gasteiger charge is -2.14. The molecule has 0 saturated carbocycles. The molecule has 1 amide bonds. The van der Waals surface area contributed by atoms with Gasteiger partial charge in [-0.2, -0.15) is 0 Å². The summed E-state index contributed by atoms with van der Waals surface area (Å²) in [4.78, 5) is 17.0. The third-order valence-electron chi connectivity index (χ3n) is 4.15. The summed E-state index contributed by atoms with van der Waals surface area (Å²) in [5.41, 5.74) is 2.03. The largest absolute Gasteiger partial charge is 0.494 e. The topological polar surface area (TPSA) is 73.6 Å². The second-order valence-electron chi connectivity index (χ2n) is 6.36. The summed E-state index contributed by atoms with van der Waals surface area (Å²) in [6, 6.07) is 14.8. The number of nitrogens with one attached hydrogen (secondary N) is 1. The Labute approximate surface area is 164 Å². The van der Waals surface area contributed by atoms with E-state index in [2.05, 4.69) is 10.3 Å². The summed E-state index contributed by atoms with van der Waals surface area (Å²) in [5, 5.41) is 2.92. The van der Waals surface area contributed by atoms with Crippen molar-refractivity contribution < 1.29 is 18.7 Å². The van der Waals surface area contributed by atoms with Crippen LogP contribution in [-0.4, -0.2) is 37.3 Å². The summed E-state index contributed by atoms with van der Waals surface area (Å²) in [5.74, 6) is 1.63. The van der Waals surface area contributed by atoms with Crippen molar-refractivity contribution in [3.05, 3.63) is 60.3 Å². The van der Waals surface area contributed by atoms with E-state index in [4.69, 9.17) is 13.9 Å². The zero-order chi connectivity index (χ0) is 19.9. The number of rotatable bonds is 8. The van der Waals surface area contributed by atoms with Crippen molar-refractivity contribution in [2.24, 2.45) is 0 Å². The van der Waals surface area contributed by atoms with E-state index >= 15 is 0 Å². The lowest BCUT2D eigenvalue weighted by atomic mass is 10.1. The Balaban J connectivity index is 1.84. The van der Waals surface area contributed by atoms with Crippen molar-refractivity contribution in [2.75, 3.05) is 20.3 Å². The molecule has 1 atom stereocenters. The number of oxazole rings is 1. The van der Waals surface area contributed by atoms with Crippen LogP contribution in [0.15, 0.2) is 59.1 Å². The van der Waals surface area contributed by atoms with E-state index in [9.17, 15) is 4.79 Å². The number of ether oxygens (including phenoxy) is 2. The number of carbonyl (C=O) groups excluding carboxylic acids is 1.